The van der Waals surface area contributed by atoms with Crippen LogP contribution in [0.1, 0.15) is 34.7 Å². The van der Waals surface area contributed by atoms with E-state index >= 15 is 0 Å². The minimum Gasteiger partial charge on any atom is -0.494 e. The average Bonchev–Trinajstić information content (AvgIpc) is 3.11. The van der Waals surface area contributed by atoms with Crippen LogP contribution >= 0.6 is 0 Å². The Balaban J connectivity index is 1.51. The maximum absolute atomic E-state index is 13.9. The Morgan fingerprint density at radius 2 is 1.29 bits per heavy atom. The number of hydrogen-bond donors (Lipinski definition) is 5. The molecule has 0 saturated carbocycles. The first-order chi connectivity index (χ1) is 23.6. The minimum atomic E-state index is -3.98. The zero-order chi connectivity index (χ0) is 35.2. The van der Waals surface area contributed by atoms with Crippen molar-refractivity contribution in [1.29, 1.82) is 0 Å². The van der Waals surface area contributed by atoms with Gasteiger partial charge in [-0.15, -0.1) is 0 Å². The van der Waals surface area contributed by atoms with Crippen molar-refractivity contribution in [3.63, 3.8) is 0 Å². The highest BCUT2D eigenvalue weighted by molar-refractivity contribution is 7.89. The van der Waals surface area contributed by atoms with E-state index in [1.54, 1.807) is 36.4 Å². The molecule has 0 aliphatic rings. The van der Waals surface area contributed by atoms with Gasteiger partial charge in [-0.05, 0) is 60.4 Å². The lowest BCUT2D eigenvalue weighted by Gasteiger charge is -2.24. The highest BCUT2D eigenvalue weighted by atomic mass is 32.2. The second-order valence-corrected chi connectivity index (χ2v) is 13.3. The smallest absolute Gasteiger partial charge is 0.243 e. The number of rotatable bonds is 17. The van der Waals surface area contributed by atoms with Gasteiger partial charge in [-0.25, -0.2) is 13.1 Å². The van der Waals surface area contributed by atoms with E-state index in [2.05, 4.69) is 20.7 Å². The number of aryl methyl sites for hydroxylation is 1. The van der Waals surface area contributed by atoms with E-state index in [4.69, 9.17) is 10.5 Å². The number of nitrogens with one attached hydrogen (secondary N) is 4. The summed E-state index contributed by atoms with van der Waals surface area (Å²) < 4.78 is 33.4. The fraction of sp³-hybridized carbons (Fsp3) is 0.270. The number of benzene rings is 4. The number of ether oxygens (including phenoxy) is 1. The number of nitrogens with two attached hydrogens (primary N) is 1. The van der Waals surface area contributed by atoms with Crippen molar-refractivity contribution in [2.45, 2.75) is 56.8 Å². The summed E-state index contributed by atoms with van der Waals surface area (Å²) in [6.07, 6.45) is 0.270. The van der Waals surface area contributed by atoms with E-state index in [1.807, 2.05) is 68.4 Å². The highest BCUT2D eigenvalue weighted by Gasteiger charge is 2.28. The lowest BCUT2D eigenvalue weighted by molar-refractivity contribution is -0.131. The van der Waals surface area contributed by atoms with Gasteiger partial charge in [0, 0.05) is 25.9 Å². The molecule has 0 saturated heterocycles. The third-order valence-corrected chi connectivity index (χ3v) is 9.14. The van der Waals surface area contributed by atoms with E-state index in [1.165, 1.54) is 12.1 Å². The van der Waals surface area contributed by atoms with Crippen molar-refractivity contribution in [3.8, 4) is 5.75 Å². The number of carbonyl (C=O) groups is 3. The molecule has 4 aromatic carbocycles. The summed E-state index contributed by atoms with van der Waals surface area (Å²) >= 11 is 0. The Kier molecular flexibility index (Phi) is 13.5. The van der Waals surface area contributed by atoms with Crippen LogP contribution in [-0.2, 0) is 50.3 Å². The minimum absolute atomic E-state index is 0.0136. The first-order valence-corrected chi connectivity index (χ1v) is 17.5. The van der Waals surface area contributed by atoms with Gasteiger partial charge in [0.05, 0.1) is 18.0 Å². The van der Waals surface area contributed by atoms with Crippen molar-refractivity contribution < 1.29 is 27.5 Å². The Morgan fingerprint density at radius 3 is 1.90 bits per heavy atom. The second-order valence-electron chi connectivity index (χ2n) is 11.5. The molecule has 6 N–H and O–H groups in total. The van der Waals surface area contributed by atoms with E-state index in [0.29, 0.717) is 24.5 Å². The fourth-order valence-corrected chi connectivity index (χ4v) is 5.96. The fourth-order valence-electron chi connectivity index (χ4n) is 4.98. The van der Waals surface area contributed by atoms with Crippen molar-refractivity contribution >= 4 is 27.7 Å². The maximum atomic E-state index is 13.9. The first-order valence-electron chi connectivity index (χ1n) is 16.0. The van der Waals surface area contributed by atoms with Gasteiger partial charge in [0.25, 0.3) is 0 Å². The summed E-state index contributed by atoms with van der Waals surface area (Å²) in [7, 11) is -3.98. The van der Waals surface area contributed by atoms with Crippen LogP contribution in [0.15, 0.2) is 108 Å². The van der Waals surface area contributed by atoms with Gasteiger partial charge in [0.1, 0.15) is 17.8 Å². The van der Waals surface area contributed by atoms with Gasteiger partial charge in [0.15, 0.2) is 0 Å². The number of hydrogen-bond acceptors (Lipinski definition) is 7. The number of sulfonamides is 1. The van der Waals surface area contributed by atoms with Crippen molar-refractivity contribution in [3.05, 3.63) is 131 Å². The van der Waals surface area contributed by atoms with Gasteiger partial charge in [-0.3, -0.25) is 14.4 Å². The van der Waals surface area contributed by atoms with Crippen LogP contribution in [0.4, 0.5) is 0 Å². The molecule has 0 bridgehead atoms. The summed E-state index contributed by atoms with van der Waals surface area (Å²) in [5.41, 5.74) is 9.96. The van der Waals surface area contributed by atoms with Crippen LogP contribution in [0.25, 0.3) is 0 Å². The normalized spacial score (nSPS) is 12.4. The third-order valence-electron chi connectivity index (χ3n) is 7.72. The molecule has 0 aliphatic carbocycles. The zero-order valence-electron chi connectivity index (χ0n) is 27.6. The lowest BCUT2D eigenvalue weighted by Crippen LogP contribution is -2.56. The van der Waals surface area contributed by atoms with Crippen molar-refractivity contribution in [1.82, 2.24) is 20.7 Å². The standard InChI is InChI=1S/C37H43N5O6S/c1-3-48-31-17-15-28(16-18-31)22-34(41-35(43)25-40-49(46,47)32-19-9-26(2)10-20-32)37(45)42-33(21-27-7-5-4-6-8-27)36(44)39-24-30-13-11-29(23-38)12-14-30/h4-20,33-34,40H,3,21-25,38H2,1-2H3,(H,39,44)(H,41,43)(H,42,45)/t33-,34+/m0/s1. The van der Waals surface area contributed by atoms with Crippen LogP contribution in [0, 0.1) is 6.92 Å². The monoisotopic (exact) mass is 685 g/mol. The molecule has 3 amide bonds. The third kappa shape index (κ3) is 11.6. The zero-order valence-corrected chi connectivity index (χ0v) is 28.5. The number of amides is 3. The Labute approximate surface area is 287 Å². The largest absolute Gasteiger partial charge is 0.494 e. The Hall–Kier alpha value is -5.04. The predicted octanol–water partition coefficient (Wildman–Crippen LogP) is 2.90. The summed E-state index contributed by atoms with van der Waals surface area (Å²) in [6, 6.07) is 28.0. The predicted molar refractivity (Wildman–Crippen MR) is 188 cm³/mol. The molecular formula is C37H43N5O6S. The van der Waals surface area contributed by atoms with E-state index in [-0.39, 0.29) is 24.3 Å². The summed E-state index contributed by atoms with van der Waals surface area (Å²) in [6.45, 7) is 4.24. The Morgan fingerprint density at radius 1 is 0.714 bits per heavy atom. The van der Waals surface area contributed by atoms with Gasteiger partial charge >= 0.3 is 0 Å². The molecule has 4 aromatic rings. The topological polar surface area (TPSA) is 169 Å². The van der Waals surface area contributed by atoms with Crippen molar-refractivity contribution in [2.75, 3.05) is 13.2 Å². The van der Waals surface area contributed by atoms with Crippen LogP contribution in [-0.4, -0.2) is 51.4 Å². The molecule has 258 valence electrons. The molecule has 0 aromatic heterocycles. The molecule has 49 heavy (non-hydrogen) atoms. The van der Waals surface area contributed by atoms with Crippen LogP contribution in [0.2, 0.25) is 0 Å². The van der Waals surface area contributed by atoms with Gasteiger partial charge in [-0.1, -0.05) is 84.4 Å². The molecule has 12 heteroatoms. The Bertz CT molecular complexity index is 1780. The van der Waals surface area contributed by atoms with Crippen LogP contribution in [0.3, 0.4) is 0 Å². The summed E-state index contributed by atoms with van der Waals surface area (Å²) in [5.74, 6) is -1.07. The molecule has 4 rings (SSSR count). The van der Waals surface area contributed by atoms with Crippen LogP contribution < -0.4 is 31.1 Å². The molecular weight excluding hydrogens is 643 g/mol. The van der Waals surface area contributed by atoms with Crippen molar-refractivity contribution in [2.24, 2.45) is 5.73 Å². The lowest BCUT2D eigenvalue weighted by atomic mass is 10.0. The van der Waals surface area contributed by atoms with Gasteiger partial charge < -0.3 is 26.4 Å². The molecule has 11 nitrogen and oxygen atoms in total. The SMILES string of the molecule is CCOc1ccc(C[C@@H](NC(=O)CNS(=O)(=O)c2ccc(C)cc2)C(=O)N[C@@H](Cc2ccccc2)C(=O)NCc2ccc(CN)cc2)cc1. The molecule has 0 aliphatic heterocycles. The summed E-state index contributed by atoms with van der Waals surface area (Å²) in [5, 5.41) is 8.40. The maximum Gasteiger partial charge on any atom is 0.243 e. The highest BCUT2D eigenvalue weighted by Crippen LogP contribution is 2.15. The van der Waals surface area contributed by atoms with E-state index in [0.717, 1.165) is 22.3 Å². The van der Waals surface area contributed by atoms with E-state index in [9.17, 15) is 22.8 Å². The summed E-state index contributed by atoms with van der Waals surface area (Å²) in [4.78, 5) is 40.5. The molecule has 2 atom stereocenters. The molecule has 0 fully saturated rings. The molecule has 0 radical (unpaired) electrons. The van der Waals surface area contributed by atoms with Gasteiger partial charge in [-0.2, -0.15) is 0 Å². The quantitative estimate of drug-likeness (QED) is 0.114. The molecule has 0 heterocycles. The van der Waals surface area contributed by atoms with Crippen LogP contribution in [0.5, 0.6) is 5.75 Å². The number of carbonyl (C=O) groups excluding carboxylic acids is 3. The first kappa shape index (κ1) is 36.8. The second kappa shape index (κ2) is 17.9. The van der Waals surface area contributed by atoms with E-state index < -0.39 is 46.4 Å². The van der Waals surface area contributed by atoms with Gasteiger partial charge in [0.2, 0.25) is 27.7 Å². The molecule has 0 spiro atoms. The molecule has 0 unspecified atom stereocenters. The average molecular weight is 686 g/mol.